The zero-order chi connectivity index (χ0) is 6.69. The molecule has 0 aliphatic heterocycles. The summed E-state index contributed by atoms with van der Waals surface area (Å²) >= 11 is 0. The van der Waals surface area contributed by atoms with Gasteiger partial charge in [-0.3, -0.25) is 0 Å². The molecule has 0 fully saturated rings. The molecule has 0 N–H and O–H groups in total. The van der Waals surface area contributed by atoms with Crippen molar-refractivity contribution in [2.45, 2.75) is 19.8 Å². The second-order valence-corrected chi connectivity index (χ2v) is 2.34. The molecule has 48 valence electrons. The molecule has 0 aromatic rings. The lowest BCUT2D eigenvalue weighted by molar-refractivity contribution is 1.11. The highest BCUT2D eigenvalue weighted by molar-refractivity contribution is 5.34. The Labute approximate surface area is 56.6 Å². The van der Waals surface area contributed by atoms with Gasteiger partial charge in [-0.05, 0) is 18.4 Å². The van der Waals surface area contributed by atoms with Crippen molar-refractivity contribution in [1.29, 1.82) is 0 Å². The number of hydrogen-bond acceptors (Lipinski definition) is 0. The van der Waals surface area contributed by atoms with Crippen LogP contribution in [0.15, 0.2) is 36.0 Å². The minimum absolute atomic E-state index is 1.03. The van der Waals surface area contributed by atoms with Gasteiger partial charge in [0.2, 0.25) is 0 Å². The molecular formula is C9H12. The van der Waals surface area contributed by atoms with Gasteiger partial charge >= 0.3 is 0 Å². The van der Waals surface area contributed by atoms with Crippen LogP contribution in [0.5, 0.6) is 0 Å². The number of rotatable bonds is 1. The van der Waals surface area contributed by atoms with Crippen molar-refractivity contribution in [3.63, 3.8) is 0 Å². The van der Waals surface area contributed by atoms with Gasteiger partial charge in [0.15, 0.2) is 0 Å². The third kappa shape index (κ3) is 1.56. The Morgan fingerprint density at radius 2 is 2.44 bits per heavy atom. The minimum atomic E-state index is 1.03. The first-order valence-corrected chi connectivity index (χ1v) is 3.38. The summed E-state index contributed by atoms with van der Waals surface area (Å²) in [4.78, 5) is 0. The summed E-state index contributed by atoms with van der Waals surface area (Å²) in [5.74, 6) is 0. The predicted octanol–water partition coefficient (Wildman–Crippen LogP) is 2.84. The molecule has 0 atom stereocenters. The molecule has 1 rings (SSSR count). The fourth-order valence-electron chi connectivity index (χ4n) is 0.951. The summed E-state index contributed by atoms with van der Waals surface area (Å²) in [6.45, 7) is 6.05. The van der Waals surface area contributed by atoms with Gasteiger partial charge in [0.25, 0.3) is 0 Å². The zero-order valence-electron chi connectivity index (χ0n) is 5.85. The highest BCUT2D eigenvalue weighted by Crippen LogP contribution is 2.15. The SMILES string of the molecule is C=C1C=C(CC)C=CC1. The Balaban J connectivity index is 2.70. The van der Waals surface area contributed by atoms with Crippen LogP contribution in [-0.4, -0.2) is 0 Å². The van der Waals surface area contributed by atoms with E-state index >= 15 is 0 Å². The molecule has 0 aromatic carbocycles. The van der Waals surface area contributed by atoms with Crippen LogP contribution in [0.2, 0.25) is 0 Å². The molecule has 0 aromatic heterocycles. The monoisotopic (exact) mass is 120 g/mol. The van der Waals surface area contributed by atoms with E-state index in [4.69, 9.17) is 0 Å². The Morgan fingerprint density at radius 3 is 2.89 bits per heavy atom. The van der Waals surface area contributed by atoms with Gasteiger partial charge < -0.3 is 0 Å². The van der Waals surface area contributed by atoms with Gasteiger partial charge in [-0.25, -0.2) is 0 Å². The van der Waals surface area contributed by atoms with Crippen molar-refractivity contribution in [2.75, 3.05) is 0 Å². The molecule has 0 heteroatoms. The molecule has 0 bridgehead atoms. The van der Waals surface area contributed by atoms with Crippen LogP contribution in [0.3, 0.4) is 0 Å². The topological polar surface area (TPSA) is 0 Å². The van der Waals surface area contributed by atoms with Crippen LogP contribution < -0.4 is 0 Å². The molecule has 0 saturated heterocycles. The molecule has 1 aliphatic rings. The highest BCUT2D eigenvalue weighted by atomic mass is 14.0. The van der Waals surface area contributed by atoms with Gasteiger partial charge in [-0.15, -0.1) is 0 Å². The van der Waals surface area contributed by atoms with Crippen molar-refractivity contribution in [3.8, 4) is 0 Å². The van der Waals surface area contributed by atoms with Crippen molar-refractivity contribution in [1.82, 2.24) is 0 Å². The van der Waals surface area contributed by atoms with Crippen molar-refractivity contribution < 1.29 is 0 Å². The van der Waals surface area contributed by atoms with Gasteiger partial charge in [0, 0.05) is 0 Å². The van der Waals surface area contributed by atoms with Gasteiger partial charge in [0.05, 0.1) is 0 Å². The summed E-state index contributed by atoms with van der Waals surface area (Å²) < 4.78 is 0. The normalized spacial score (nSPS) is 17.9. The van der Waals surface area contributed by atoms with Crippen LogP contribution in [-0.2, 0) is 0 Å². The lowest BCUT2D eigenvalue weighted by Gasteiger charge is -2.04. The van der Waals surface area contributed by atoms with Crippen molar-refractivity contribution in [3.05, 3.63) is 36.0 Å². The van der Waals surface area contributed by atoms with E-state index in [1.165, 1.54) is 11.1 Å². The first-order chi connectivity index (χ1) is 4.33. The molecule has 0 heterocycles. The average Bonchev–Trinajstić information content (AvgIpc) is 1.88. The van der Waals surface area contributed by atoms with Crippen molar-refractivity contribution in [2.24, 2.45) is 0 Å². The summed E-state index contributed by atoms with van der Waals surface area (Å²) in [7, 11) is 0. The molecule has 0 amide bonds. The number of allylic oxidation sites excluding steroid dienone is 5. The summed E-state index contributed by atoms with van der Waals surface area (Å²) in [6.07, 6.45) is 8.66. The second-order valence-electron chi connectivity index (χ2n) is 2.34. The van der Waals surface area contributed by atoms with E-state index in [9.17, 15) is 0 Å². The van der Waals surface area contributed by atoms with E-state index in [1.54, 1.807) is 0 Å². The fourth-order valence-corrected chi connectivity index (χ4v) is 0.951. The Hall–Kier alpha value is -0.780. The molecule has 0 spiro atoms. The third-order valence-electron chi connectivity index (χ3n) is 1.51. The van der Waals surface area contributed by atoms with Crippen LogP contribution in [0.4, 0.5) is 0 Å². The van der Waals surface area contributed by atoms with E-state index in [1.807, 2.05) is 0 Å². The van der Waals surface area contributed by atoms with E-state index in [2.05, 4.69) is 31.7 Å². The Bertz CT molecular complexity index is 170. The maximum absolute atomic E-state index is 3.88. The molecule has 0 saturated carbocycles. The molecular weight excluding hydrogens is 108 g/mol. The van der Waals surface area contributed by atoms with Crippen molar-refractivity contribution >= 4 is 0 Å². The van der Waals surface area contributed by atoms with Crippen LogP contribution >= 0.6 is 0 Å². The van der Waals surface area contributed by atoms with E-state index in [-0.39, 0.29) is 0 Å². The minimum Gasteiger partial charge on any atom is -0.0955 e. The maximum atomic E-state index is 3.88. The first-order valence-electron chi connectivity index (χ1n) is 3.38. The van der Waals surface area contributed by atoms with Crippen LogP contribution in [0.1, 0.15) is 19.8 Å². The Morgan fingerprint density at radius 1 is 1.67 bits per heavy atom. The average molecular weight is 120 g/mol. The highest BCUT2D eigenvalue weighted by Gasteiger charge is 1.95. The zero-order valence-corrected chi connectivity index (χ0v) is 5.85. The lowest BCUT2D eigenvalue weighted by Crippen LogP contribution is -1.84. The lowest BCUT2D eigenvalue weighted by atomic mass is 10.0. The van der Waals surface area contributed by atoms with E-state index in [0.29, 0.717) is 0 Å². The molecule has 0 radical (unpaired) electrons. The Kier molecular flexibility index (Phi) is 1.88. The van der Waals surface area contributed by atoms with Gasteiger partial charge in [-0.1, -0.05) is 37.3 Å². The maximum Gasteiger partial charge on any atom is -0.01000 e. The first kappa shape index (κ1) is 6.34. The largest absolute Gasteiger partial charge is 0.0955 e. The number of hydrogen-bond donors (Lipinski definition) is 0. The summed E-state index contributed by atoms with van der Waals surface area (Å²) in [5, 5.41) is 0. The molecule has 0 nitrogen and oxygen atoms in total. The molecule has 1 aliphatic carbocycles. The quantitative estimate of drug-likeness (QED) is 0.499. The molecule has 9 heavy (non-hydrogen) atoms. The predicted molar refractivity (Wildman–Crippen MR) is 41.3 cm³/mol. The standard InChI is InChI=1S/C9H12/c1-3-9-6-4-5-8(2)7-9/h4,6-7H,2-3,5H2,1H3. The van der Waals surface area contributed by atoms with E-state index in [0.717, 1.165) is 12.8 Å². The van der Waals surface area contributed by atoms with Gasteiger partial charge in [-0.2, -0.15) is 0 Å². The fraction of sp³-hybridized carbons (Fsp3) is 0.333. The smallest absolute Gasteiger partial charge is 0.01000 e. The molecule has 0 unspecified atom stereocenters. The van der Waals surface area contributed by atoms with E-state index < -0.39 is 0 Å². The summed E-state index contributed by atoms with van der Waals surface area (Å²) in [5.41, 5.74) is 2.63. The van der Waals surface area contributed by atoms with Crippen LogP contribution in [0, 0.1) is 0 Å². The third-order valence-corrected chi connectivity index (χ3v) is 1.51. The summed E-state index contributed by atoms with van der Waals surface area (Å²) in [6, 6.07) is 0. The second kappa shape index (κ2) is 2.67. The van der Waals surface area contributed by atoms with Gasteiger partial charge in [0.1, 0.15) is 0 Å². The van der Waals surface area contributed by atoms with Crippen LogP contribution in [0.25, 0.3) is 0 Å².